The van der Waals surface area contributed by atoms with E-state index < -0.39 is 11.9 Å². The molecular formula is C16H22ClNO5. The van der Waals surface area contributed by atoms with Crippen LogP contribution in [0.3, 0.4) is 0 Å². The monoisotopic (exact) mass is 343 g/mol. The lowest BCUT2D eigenvalue weighted by atomic mass is 10.1. The van der Waals surface area contributed by atoms with Crippen molar-refractivity contribution in [1.29, 1.82) is 0 Å². The second kappa shape index (κ2) is 9.25. The Hall–Kier alpha value is -1.95. The Kier molecular flexibility index (Phi) is 7.68. The summed E-state index contributed by atoms with van der Waals surface area (Å²) in [4.78, 5) is 24.5. The maximum Gasteiger partial charge on any atom is 0.323 e. The number of halogens is 1. The largest absolute Gasteiger partial charge is 0.490 e. The molecule has 0 spiro atoms. The van der Waals surface area contributed by atoms with Crippen molar-refractivity contribution in [2.24, 2.45) is 0 Å². The van der Waals surface area contributed by atoms with Crippen LogP contribution in [0.4, 0.5) is 0 Å². The van der Waals surface area contributed by atoms with Crippen molar-refractivity contribution in [3.8, 4) is 11.5 Å². The third-order valence-corrected chi connectivity index (χ3v) is 3.28. The molecule has 0 radical (unpaired) electrons. The minimum absolute atomic E-state index is 0.263. The summed E-state index contributed by atoms with van der Waals surface area (Å²) in [5, 5.41) is 9.14. The fourth-order valence-corrected chi connectivity index (χ4v) is 2.24. The van der Waals surface area contributed by atoms with Crippen molar-refractivity contribution in [3.63, 3.8) is 0 Å². The highest BCUT2D eigenvalue weighted by Gasteiger charge is 2.21. The van der Waals surface area contributed by atoms with E-state index >= 15 is 0 Å². The average molecular weight is 344 g/mol. The number of rotatable bonds is 9. The second-order valence-corrected chi connectivity index (χ2v) is 5.19. The fraction of sp³-hybridized carbons (Fsp3) is 0.500. The van der Waals surface area contributed by atoms with Gasteiger partial charge in [-0.1, -0.05) is 18.5 Å². The molecule has 1 rings (SSSR count). The summed E-state index contributed by atoms with van der Waals surface area (Å²) in [5.74, 6) is -0.713. The van der Waals surface area contributed by atoms with Crippen LogP contribution in [0.15, 0.2) is 12.1 Å². The lowest BCUT2D eigenvalue weighted by molar-refractivity contribution is -0.137. The van der Waals surface area contributed by atoms with Crippen LogP contribution in [0.2, 0.25) is 5.02 Å². The van der Waals surface area contributed by atoms with Crippen LogP contribution in [0.25, 0.3) is 0 Å². The number of hydrogen-bond acceptors (Lipinski definition) is 4. The zero-order valence-electron chi connectivity index (χ0n) is 13.6. The lowest BCUT2D eigenvalue weighted by Gasteiger charge is -2.20. The van der Waals surface area contributed by atoms with Gasteiger partial charge in [0, 0.05) is 12.1 Å². The van der Waals surface area contributed by atoms with Gasteiger partial charge in [-0.2, -0.15) is 0 Å². The number of ether oxygens (including phenoxy) is 2. The van der Waals surface area contributed by atoms with Gasteiger partial charge < -0.3 is 19.5 Å². The highest BCUT2D eigenvalue weighted by Crippen LogP contribution is 2.37. The second-order valence-electron chi connectivity index (χ2n) is 4.78. The topological polar surface area (TPSA) is 76.1 Å². The number of carbonyl (C=O) groups excluding carboxylic acids is 1. The van der Waals surface area contributed by atoms with Gasteiger partial charge in [0.2, 0.25) is 0 Å². The molecule has 6 nitrogen and oxygen atoms in total. The molecule has 0 saturated carbocycles. The van der Waals surface area contributed by atoms with Gasteiger partial charge in [0.05, 0.1) is 18.2 Å². The molecule has 0 bridgehead atoms. The van der Waals surface area contributed by atoms with Gasteiger partial charge in [0.1, 0.15) is 6.54 Å². The van der Waals surface area contributed by atoms with Crippen LogP contribution in [-0.4, -0.2) is 48.2 Å². The molecule has 128 valence electrons. The van der Waals surface area contributed by atoms with E-state index in [1.165, 1.54) is 17.0 Å². The summed E-state index contributed by atoms with van der Waals surface area (Å²) in [6, 6.07) is 3.01. The SMILES string of the molecule is CCCOc1c(Cl)cc(C(=O)N(CC)CC(=O)O)cc1OCC. The minimum atomic E-state index is -1.07. The van der Waals surface area contributed by atoms with Gasteiger partial charge in [-0.25, -0.2) is 0 Å². The summed E-state index contributed by atoms with van der Waals surface area (Å²) in [5.41, 5.74) is 0.269. The van der Waals surface area contributed by atoms with E-state index in [-0.39, 0.29) is 23.7 Å². The zero-order valence-corrected chi connectivity index (χ0v) is 14.4. The van der Waals surface area contributed by atoms with Crippen molar-refractivity contribution in [3.05, 3.63) is 22.7 Å². The number of amides is 1. The van der Waals surface area contributed by atoms with E-state index in [4.69, 9.17) is 26.2 Å². The van der Waals surface area contributed by atoms with Crippen LogP contribution in [0.5, 0.6) is 11.5 Å². The molecule has 1 aromatic carbocycles. The molecule has 0 atom stereocenters. The highest BCUT2D eigenvalue weighted by atomic mass is 35.5. The number of carboxylic acid groups (broad SMARTS) is 1. The van der Waals surface area contributed by atoms with E-state index in [1.807, 2.05) is 13.8 Å². The first kappa shape index (κ1) is 19.1. The van der Waals surface area contributed by atoms with Crippen LogP contribution in [-0.2, 0) is 4.79 Å². The number of nitrogens with zero attached hydrogens (tertiary/aromatic N) is 1. The molecule has 0 fully saturated rings. The fourth-order valence-electron chi connectivity index (χ4n) is 1.97. The third-order valence-electron chi connectivity index (χ3n) is 3.00. The standard InChI is InChI=1S/C16H22ClNO5/c1-4-7-23-15-12(17)8-11(9-13(15)22-6-3)16(21)18(5-2)10-14(19)20/h8-9H,4-7,10H2,1-3H3,(H,19,20). The summed E-state index contributed by atoms with van der Waals surface area (Å²) >= 11 is 6.21. The van der Waals surface area contributed by atoms with Gasteiger partial charge in [0.15, 0.2) is 11.5 Å². The molecule has 0 heterocycles. The average Bonchev–Trinajstić information content (AvgIpc) is 2.51. The van der Waals surface area contributed by atoms with Gasteiger partial charge in [-0.05, 0) is 32.4 Å². The summed E-state index contributed by atoms with van der Waals surface area (Å²) in [6.07, 6.45) is 0.810. The van der Waals surface area contributed by atoms with Gasteiger partial charge in [-0.3, -0.25) is 9.59 Å². The summed E-state index contributed by atoms with van der Waals surface area (Å²) in [6.45, 7) is 6.28. The van der Waals surface area contributed by atoms with E-state index in [0.717, 1.165) is 6.42 Å². The van der Waals surface area contributed by atoms with Gasteiger partial charge in [-0.15, -0.1) is 0 Å². The van der Waals surface area contributed by atoms with Gasteiger partial charge in [0.25, 0.3) is 5.91 Å². The van der Waals surface area contributed by atoms with Crippen LogP contribution < -0.4 is 9.47 Å². The Morgan fingerprint density at radius 1 is 1.22 bits per heavy atom. The normalized spacial score (nSPS) is 10.3. The predicted molar refractivity (Wildman–Crippen MR) is 87.6 cm³/mol. The molecule has 0 aromatic heterocycles. The first-order valence-corrected chi connectivity index (χ1v) is 7.92. The molecule has 7 heteroatoms. The Morgan fingerprint density at radius 2 is 1.91 bits per heavy atom. The summed E-state index contributed by atoms with van der Waals surface area (Å²) < 4.78 is 11.1. The number of benzene rings is 1. The smallest absolute Gasteiger partial charge is 0.323 e. The molecular weight excluding hydrogens is 322 g/mol. The Balaban J connectivity index is 3.16. The number of carbonyl (C=O) groups is 2. The van der Waals surface area contributed by atoms with Crippen LogP contribution in [0, 0.1) is 0 Å². The van der Waals surface area contributed by atoms with Gasteiger partial charge >= 0.3 is 5.97 Å². The number of carboxylic acids is 1. The number of hydrogen-bond donors (Lipinski definition) is 1. The maximum absolute atomic E-state index is 12.5. The Bertz CT molecular complexity index is 562. The van der Waals surface area contributed by atoms with Crippen LogP contribution in [0.1, 0.15) is 37.6 Å². The maximum atomic E-state index is 12.5. The van der Waals surface area contributed by atoms with E-state index in [1.54, 1.807) is 6.92 Å². The van der Waals surface area contributed by atoms with E-state index in [0.29, 0.717) is 24.7 Å². The molecule has 1 N–H and O–H groups in total. The molecule has 0 unspecified atom stereocenters. The zero-order chi connectivity index (χ0) is 17.4. The minimum Gasteiger partial charge on any atom is -0.490 e. The summed E-state index contributed by atoms with van der Waals surface area (Å²) in [7, 11) is 0. The number of aliphatic carboxylic acids is 1. The van der Waals surface area contributed by atoms with E-state index in [2.05, 4.69) is 0 Å². The molecule has 0 aliphatic rings. The molecule has 1 aromatic rings. The molecule has 0 aliphatic heterocycles. The Morgan fingerprint density at radius 3 is 2.43 bits per heavy atom. The number of likely N-dealkylation sites (N-methyl/N-ethyl adjacent to an activating group) is 1. The predicted octanol–water partition coefficient (Wildman–Crippen LogP) is 3.07. The van der Waals surface area contributed by atoms with E-state index in [9.17, 15) is 9.59 Å². The van der Waals surface area contributed by atoms with Crippen molar-refractivity contribution in [2.45, 2.75) is 27.2 Å². The molecule has 0 saturated heterocycles. The van der Waals surface area contributed by atoms with Crippen LogP contribution >= 0.6 is 11.6 Å². The first-order chi connectivity index (χ1) is 10.9. The Labute approximate surface area is 140 Å². The first-order valence-electron chi connectivity index (χ1n) is 7.54. The van der Waals surface area contributed by atoms with Crippen molar-refractivity contribution < 1.29 is 24.2 Å². The highest BCUT2D eigenvalue weighted by molar-refractivity contribution is 6.32. The molecule has 0 aliphatic carbocycles. The molecule has 1 amide bonds. The third kappa shape index (κ3) is 5.32. The molecule has 23 heavy (non-hydrogen) atoms. The quantitative estimate of drug-likeness (QED) is 0.745. The van der Waals surface area contributed by atoms with Crippen molar-refractivity contribution in [1.82, 2.24) is 4.90 Å². The van der Waals surface area contributed by atoms with Crippen molar-refractivity contribution >= 4 is 23.5 Å². The van der Waals surface area contributed by atoms with Crippen molar-refractivity contribution in [2.75, 3.05) is 26.3 Å². The lowest BCUT2D eigenvalue weighted by Crippen LogP contribution is -2.35.